The Kier molecular flexibility index (Phi) is 6.19. The van der Waals surface area contributed by atoms with E-state index in [-0.39, 0.29) is 0 Å². The number of rotatable bonds is 3. The topological polar surface area (TPSA) is 0 Å². The predicted molar refractivity (Wildman–Crippen MR) is 207 cm³/mol. The van der Waals surface area contributed by atoms with Gasteiger partial charge in [-0.1, -0.05) is 182 Å². The van der Waals surface area contributed by atoms with Gasteiger partial charge in [0, 0.05) is 0 Å². The van der Waals surface area contributed by atoms with Crippen molar-refractivity contribution in [3.8, 4) is 33.4 Å². The van der Waals surface area contributed by atoms with Gasteiger partial charge in [-0.05, 0) is 100 Å². The second kappa shape index (κ2) is 10.9. The molecule has 9 aromatic carbocycles. The van der Waals surface area contributed by atoms with E-state index in [1.807, 2.05) is 0 Å². The van der Waals surface area contributed by atoms with Gasteiger partial charge in [0.15, 0.2) is 0 Å². The Morgan fingerprint density at radius 2 is 0.673 bits per heavy atom. The van der Waals surface area contributed by atoms with E-state index in [0.29, 0.717) is 0 Å². The molecule has 49 heavy (non-hydrogen) atoms. The highest BCUT2D eigenvalue weighted by molar-refractivity contribution is 6.22. The summed E-state index contributed by atoms with van der Waals surface area (Å²) in [6.45, 7) is 0. The van der Waals surface area contributed by atoms with E-state index in [2.05, 4.69) is 194 Å². The zero-order valence-corrected chi connectivity index (χ0v) is 27.0. The van der Waals surface area contributed by atoms with Crippen LogP contribution in [-0.4, -0.2) is 0 Å². The highest BCUT2D eigenvalue weighted by atomic mass is 14.5. The van der Waals surface area contributed by atoms with E-state index in [0.717, 1.165) is 0 Å². The van der Waals surface area contributed by atoms with Gasteiger partial charge < -0.3 is 0 Å². The van der Waals surface area contributed by atoms with Crippen LogP contribution < -0.4 is 0 Å². The summed E-state index contributed by atoms with van der Waals surface area (Å²) in [7, 11) is 0. The molecule has 1 aliphatic carbocycles. The summed E-state index contributed by atoms with van der Waals surface area (Å²) in [6.07, 6.45) is 0. The Balaban J connectivity index is 1.45. The maximum absolute atomic E-state index is 2.53. The smallest absolute Gasteiger partial charge is 0.0622 e. The van der Waals surface area contributed by atoms with Gasteiger partial charge in [0.25, 0.3) is 0 Å². The third kappa shape index (κ3) is 3.98. The Labute approximate surface area is 286 Å². The first-order valence-electron chi connectivity index (χ1n) is 17.1. The van der Waals surface area contributed by atoms with Gasteiger partial charge in [-0.15, -0.1) is 0 Å². The van der Waals surface area contributed by atoms with Gasteiger partial charge in [0.2, 0.25) is 0 Å². The van der Waals surface area contributed by atoms with Crippen molar-refractivity contribution in [1.29, 1.82) is 0 Å². The predicted octanol–water partition coefficient (Wildman–Crippen LogP) is 12.8. The van der Waals surface area contributed by atoms with E-state index in [1.165, 1.54) is 88.0 Å². The molecule has 0 radical (unpaired) electrons. The maximum Gasteiger partial charge on any atom is 0.0719 e. The van der Waals surface area contributed by atoms with Gasteiger partial charge in [-0.2, -0.15) is 0 Å². The Bertz CT molecular complexity index is 2630. The van der Waals surface area contributed by atoms with E-state index in [1.54, 1.807) is 0 Å². The first kappa shape index (κ1) is 27.8. The Hall–Kier alpha value is -6.24. The van der Waals surface area contributed by atoms with Crippen LogP contribution in [-0.2, 0) is 5.41 Å². The average molecular weight is 621 g/mol. The fraction of sp³-hybridized carbons (Fsp3) is 0.0204. The van der Waals surface area contributed by atoms with E-state index < -0.39 is 5.41 Å². The molecule has 0 aromatic heterocycles. The van der Waals surface area contributed by atoms with Crippen molar-refractivity contribution in [3.63, 3.8) is 0 Å². The van der Waals surface area contributed by atoms with E-state index in [9.17, 15) is 0 Å². The maximum atomic E-state index is 2.53. The highest BCUT2D eigenvalue weighted by Crippen LogP contribution is 2.57. The molecule has 0 aliphatic heterocycles. The minimum absolute atomic E-state index is 0.611. The van der Waals surface area contributed by atoms with Crippen LogP contribution in [0.5, 0.6) is 0 Å². The third-order valence-corrected chi connectivity index (χ3v) is 10.7. The molecule has 0 heteroatoms. The largest absolute Gasteiger partial charge is 0.0719 e. The minimum atomic E-state index is -0.611. The van der Waals surface area contributed by atoms with Crippen molar-refractivity contribution < 1.29 is 0 Å². The monoisotopic (exact) mass is 620 g/mol. The lowest BCUT2D eigenvalue weighted by Crippen LogP contribution is -2.32. The van der Waals surface area contributed by atoms with Crippen LogP contribution in [0.25, 0.3) is 65.7 Å². The zero-order valence-electron chi connectivity index (χ0n) is 27.0. The molecule has 0 fully saturated rings. The van der Waals surface area contributed by atoms with Gasteiger partial charge >= 0.3 is 0 Å². The lowest BCUT2D eigenvalue weighted by atomic mass is 9.62. The summed E-state index contributed by atoms with van der Waals surface area (Å²) < 4.78 is 0. The molecule has 228 valence electrons. The van der Waals surface area contributed by atoms with Crippen LogP contribution in [0.2, 0.25) is 0 Å². The standard InChI is InChI=1S/C49H32/c1-3-17-33(18-4-1)43-31-44-39-25-11-12-28-42(39)48(32-45(44)38-24-10-9-23-37(38)43)49(34-19-5-2-6-20-34)46-29-15-13-26-40(46)35-21-7-8-22-36(35)41-27-14-16-30-47(41)49/h1-32H. The molecular formula is C49H32. The van der Waals surface area contributed by atoms with Crippen molar-refractivity contribution in [2.24, 2.45) is 0 Å². The molecule has 0 spiro atoms. The van der Waals surface area contributed by atoms with Crippen molar-refractivity contribution in [1.82, 2.24) is 0 Å². The number of fused-ring (bicyclic) bond motifs is 10. The van der Waals surface area contributed by atoms with Crippen molar-refractivity contribution in [2.75, 3.05) is 0 Å². The normalized spacial score (nSPS) is 13.1. The fourth-order valence-electron chi connectivity index (χ4n) is 8.75. The lowest BCUT2D eigenvalue weighted by molar-refractivity contribution is 0.760. The second-order valence-electron chi connectivity index (χ2n) is 13.2. The SMILES string of the molecule is c1ccc(-c2cc3c4ccccc4c(C4(c5ccccc5)c5ccccc5-c5ccccc5-c5ccccc54)cc3c3ccccc23)cc1. The van der Waals surface area contributed by atoms with Crippen LogP contribution in [0.1, 0.15) is 22.3 Å². The van der Waals surface area contributed by atoms with Crippen LogP contribution >= 0.6 is 0 Å². The molecule has 0 unspecified atom stereocenters. The number of hydrogen-bond donors (Lipinski definition) is 0. The van der Waals surface area contributed by atoms with Crippen LogP contribution in [0, 0.1) is 0 Å². The van der Waals surface area contributed by atoms with Crippen LogP contribution in [0.4, 0.5) is 0 Å². The summed E-state index contributed by atoms with van der Waals surface area (Å²) in [4.78, 5) is 0. The minimum Gasteiger partial charge on any atom is -0.0622 e. The van der Waals surface area contributed by atoms with Gasteiger partial charge in [0.05, 0.1) is 5.41 Å². The van der Waals surface area contributed by atoms with Gasteiger partial charge in [-0.25, -0.2) is 0 Å². The molecule has 0 saturated heterocycles. The molecule has 10 rings (SSSR count). The lowest BCUT2D eigenvalue weighted by Gasteiger charge is -2.39. The first-order chi connectivity index (χ1) is 24.3. The molecular weight excluding hydrogens is 589 g/mol. The molecule has 0 amide bonds. The molecule has 9 aromatic rings. The molecule has 0 nitrogen and oxygen atoms in total. The van der Waals surface area contributed by atoms with Crippen molar-refractivity contribution >= 4 is 32.3 Å². The summed E-state index contributed by atoms with van der Waals surface area (Å²) in [5.74, 6) is 0. The quantitative estimate of drug-likeness (QED) is 0.172. The summed E-state index contributed by atoms with van der Waals surface area (Å²) in [6, 6.07) is 72.2. The second-order valence-corrected chi connectivity index (χ2v) is 13.2. The van der Waals surface area contributed by atoms with E-state index in [4.69, 9.17) is 0 Å². The summed E-state index contributed by atoms with van der Waals surface area (Å²) in [5, 5.41) is 7.63. The highest BCUT2D eigenvalue weighted by Gasteiger charge is 2.44. The molecule has 0 N–H and O–H groups in total. The van der Waals surface area contributed by atoms with Crippen molar-refractivity contribution in [2.45, 2.75) is 5.41 Å². The summed E-state index contributed by atoms with van der Waals surface area (Å²) in [5.41, 5.74) is 12.1. The molecule has 1 aliphatic rings. The van der Waals surface area contributed by atoms with Gasteiger partial charge in [-0.3, -0.25) is 0 Å². The average Bonchev–Trinajstić information content (AvgIpc) is 3.29. The molecule has 0 heterocycles. The third-order valence-electron chi connectivity index (χ3n) is 10.7. The fourth-order valence-corrected chi connectivity index (χ4v) is 8.75. The molecule has 0 saturated carbocycles. The molecule has 0 atom stereocenters. The summed E-state index contributed by atoms with van der Waals surface area (Å²) >= 11 is 0. The molecule has 0 bridgehead atoms. The number of benzene rings is 9. The Morgan fingerprint density at radius 3 is 1.29 bits per heavy atom. The van der Waals surface area contributed by atoms with Crippen LogP contribution in [0.3, 0.4) is 0 Å². The Morgan fingerprint density at radius 1 is 0.245 bits per heavy atom. The van der Waals surface area contributed by atoms with Crippen LogP contribution in [0.15, 0.2) is 194 Å². The zero-order chi connectivity index (χ0) is 32.4. The van der Waals surface area contributed by atoms with E-state index >= 15 is 0 Å². The van der Waals surface area contributed by atoms with Crippen molar-refractivity contribution in [3.05, 3.63) is 216 Å². The number of hydrogen-bond acceptors (Lipinski definition) is 0. The first-order valence-corrected chi connectivity index (χ1v) is 17.1. The van der Waals surface area contributed by atoms with Gasteiger partial charge in [0.1, 0.15) is 0 Å².